The molecule has 0 saturated heterocycles. The maximum Gasteiger partial charge on any atom is 0.136 e. The van der Waals surface area contributed by atoms with Crippen molar-refractivity contribution in [1.29, 1.82) is 0 Å². The van der Waals surface area contributed by atoms with Gasteiger partial charge >= 0.3 is 0 Å². The summed E-state index contributed by atoms with van der Waals surface area (Å²) in [6.45, 7) is 7.02. The van der Waals surface area contributed by atoms with E-state index in [1.807, 2.05) is 12.1 Å². The minimum atomic E-state index is -0.798. The molecule has 0 spiro atoms. The number of phenolic OH excluding ortho intramolecular Hbond substituents is 1. The van der Waals surface area contributed by atoms with Crippen molar-refractivity contribution < 1.29 is 15.0 Å². The van der Waals surface area contributed by atoms with Crippen LogP contribution in [0, 0.1) is 29.1 Å². The molecule has 4 aliphatic carbocycles. The Morgan fingerprint density at radius 3 is 2.59 bits per heavy atom. The Hall–Kier alpha value is -1.39. The summed E-state index contributed by atoms with van der Waals surface area (Å²) in [4.78, 5) is 15.0. The van der Waals surface area contributed by atoms with E-state index in [9.17, 15) is 15.0 Å². The molecule has 7 atom stereocenters. The van der Waals surface area contributed by atoms with E-state index < -0.39 is 5.60 Å². The maximum atomic E-state index is 12.4. The number of phenols is 1. The van der Waals surface area contributed by atoms with Crippen LogP contribution < -0.4 is 0 Å². The maximum absolute atomic E-state index is 12.4. The molecule has 0 radical (unpaired) electrons. The molecule has 206 valence electrons. The molecule has 0 aromatic heterocycles. The molecule has 3 saturated carbocycles. The van der Waals surface area contributed by atoms with E-state index in [-0.39, 0.29) is 17.1 Å². The Morgan fingerprint density at radius 2 is 1.84 bits per heavy atom. The predicted molar refractivity (Wildman–Crippen MR) is 150 cm³/mol. The average Bonchev–Trinajstić information content (AvgIpc) is 3.27. The number of aliphatic hydroxyl groups is 1. The summed E-state index contributed by atoms with van der Waals surface area (Å²) >= 11 is 0. The van der Waals surface area contributed by atoms with Crippen molar-refractivity contribution in [3.63, 3.8) is 0 Å². The number of benzene rings is 1. The first-order valence-electron chi connectivity index (χ1n) is 15.5. The molecule has 37 heavy (non-hydrogen) atoms. The second kappa shape index (κ2) is 11.0. The lowest BCUT2D eigenvalue weighted by Crippen LogP contribution is -2.54. The van der Waals surface area contributed by atoms with Crippen LogP contribution in [0.15, 0.2) is 18.2 Å². The van der Waals surface area contributed by atoms with Gasteiger partial charge in [-0.25, -0.2) is 0 Å². The summed E-state index contributed by atoms with van der Waals surface area (Å²) < 4.78 is 0. The number of nitrogens with zero attached hydrogens (tertiary/aromatic N) is 1. The topological polar surface area (TPSA) is 60.8 Å². The minimum absolute atomic E-state index is 0.150. The first-order chi connectivity index (χ1) is 17.8. The van der Waals surface area contributed by atoms with Gasteiger partial charge in [-0.2, -0.15) is 0 Å². The summed E-state index contributed by atoms with van der Waals surface area (Å²) in [5, 5.41) is 22.2. The molecular weight excluding hydrogens is 458 g/mol. The second-order valence-electron chi connectivity index (χ2n) is 13.6. The quantitative estimate of drug-likeness (QED) is 0.320. The monoisotopic (exact) mass is 509 g/mol. The summed E-state index contributed by atoms with van der Waals surface area (Å²) in [5.41, 5.74) is 1.86. The molecule has 5 rings (SSSR count). The lowest BCUT2D eigenvalue weighted by atomic mass is 9.49. The van der Waals surface area contributed by atoms with E-state index in [4.69, 9.17) is 0 Å². The fraction of sp³-hybridized carbons (Fsp3) is 0.788. The van der Waals surface area contributed by atoms with Gasteiger partial charge in [0, 0.05) is 18.3 Å². The van der Waals surface area contributed by atoms with Crippen LogP contribution in [0.4, 0.5) is 0 Å². The summed E-state index contributed by atoms with van der Waals surface area (Å²) in [6, 6.07) is 6.10. The zero-order chi connectivity index (χ0) is 26.2. The van der Waals surface area contributed by atoms with E-state index in [2.05, 4.69) is 31.9 Å². The molecule has 1 aromatic rings. The molecule has 0 aliphatic heterocycles. The van der Waals surface area contributed by atoms with E-state index in [1.54, 1.807) is 0 Å². The highest BCUT2D eigenvalue weighted by Gasteiger charge is 2.69. The largest absolute Gasteiger partial charge is 0.508 e. The number of carbonyl (C=O) groups excluding carboxylic acids is 1. The Kier molecular flexibility index (Phi) is 8.08. The minimum Gasteiger partial charge on any atom is -0.508 e. The zero-order valence-electron chi connectivity index (χ0n) is 23.7. The van der Waals surface area contributed by atoms with E-state index in [1.165, 1.54) is 75.6 Å². The number of ketones is 1. The Labute approximate surface area is 225 Å². The molecule has 3 unspecified atom stereocenters. The first kappa shape index (κ1) is 27.2. The normalized spacial score (nSPS) is 36.4. The first-order valence-corrected chi connectivity index (χ1v) is 15.5. The number of Topliss-reactive ketones (excluding diaryl/α,β-unsaturated/α-hetero) is 1. The van der Waals surface area contributed by atoms with Gasteiger partial charge in [0.25, 0.3) is 0 Å². The van der Waals surface area contributed by atoms with Crippen molar-refractivity contribution in [3.05, 3.63) is 29.3 Å². The van der Waals surface area contributed by atoms with E-state index >= 15 is 0 Å². The molecular formula is C33H51NO3. The smallest absolute Gasteiger partial charge is 0.136 e. The fourth-order valence-corrected chi connectivity index (χ4v) is 9.53. The van der Waals surface area contributed by atoms with Crippen molar-refractivity contribution >= 4 is 5.78 Å². The Balaban J connectivity index is 1.27. The number of carbonyl (C=O) groups is 1. The molecule has 4 heteroatoms. The van der Waals surface area contributed by atoms with Crippen molar-refractivity contribution in [3.8, 4) is 5.75 Å². The van der Waals surface area contributed by atoms with Crippen molar-refractivity contribution in [2.24, 2.45) is 29.1 Å². The van der Waals surface area contributed by atoms with Crippen LogP contribution in [0.3, 0.4) is 0 Å². The third-order valence-electron chi connectivity index (χ3n) is 11.4. The van der Waals surface area contributed by atoms with Crippen LogP contribution in [-0.4, -0.2) is 46.6 Å². The highest BCUT2D eigenvalue weighted by molar-refractivity contribution is 5.83. The molecule has 1 aromatic carbocycles. The van der Waals surface area contributed by atoms with Gasteiger partial charge in [0.2, 0.25) is 0 Å². The van der Waals surface area contributed by atoms with E-state index in [0.29, 0.717) is 42.3 Å². The number of unbranched alkanes of at least 4 members (excludes halogenated alkanes) is 5. The third kappa shape index (κ3) is 5.02. The standard InChI is InChI=1S/C33H51NO3/c1-4-5-6-9-16-34(3)17-10-7-8-11-24-21-32(2)30(20-25-19-27(36)22-33(25,32)37)29-14-12-23-18-26(35)13-15-28(23)31(24)29/h13,15,18,24-25,29-31,35,37H,4-12,14,16-17,19-22H2,1-3H3/t24-,25+,29?,30?,31?,32-,33-/m0/s1. The lowest BCUT2D eigenvalue weighted by molar-refractivity contribution is -0.135. The van der Waals surface area contributed by atoms with Crippen LogP contribution in [0.1, 0.15) is 114 Å². The van der Waals surface area contributed by atoms with Crippen molar-refractivity contribution in [2.75, 3.05) is 20.1 Å². The number of aryl methyl sites for hydroxylation is 1. The Bertz CT molecular complexity index is 961. The SMILES string of the molecule is CCCCCCN(C)CCCCC[C@H]1C[C@@]2(C)C(C[C@H]3CC(=O)C[C@]32O)C2CCc3cc(O)ccc3C21. The zero-order valence-corrected chi connectivity index (χ0v) is 23.7. The highest BCUT2D eigenvalue weighted by Crippen LogP contribution is 2.70. The number of aromatic hydroxyl groups is 1. The molecule has 4 aliphatic rings. The predicted octanol–water partition coefficient (Wildman–Crippen LogP) is 6.87. The fourth-order valence-electron chi connectivity index (χ4n) is 9.53. The van der Waals surface area contributed by atoms with Gasteiger partial charge in [0.15, 0.2) is 0 Å². The van der Waals surface area contributed by atoms with Crippen LogP contribution in [0.2, 0.25) is 0 Å². The number of hydrogen-bond donors (Lipinski definition) is 2. The van der Waals surface area contributed by atoms with Gasteiger partial charge in [-0.15, -0.1) is 0 Å². The number of fused-ring (bicyclic) bond motifs is 7. The molecule has 4 nitrogen and oxygen atoms in total. The van der Waals surface area contributed by atoms with Crippen LogP contribution in [0.25, 0.3) is 0 Å². The number of hydrogen-bond acceptors (Lipinski definition) is 4. The Morgan fingerprint density at radius 1 is 1.08 bits per heavy atom. The van der Waals surface area contributed by atoms with Gasteiger partial charge in [-0.05, 0) is 118 Å². The van der Waals surface area contributed by atoms with Crippen LogP contribution >= 0.6 is 0 Å². The van der Waals surface area contributed by atoms with Gasteiger partial charge in [-0.1, -0.05) is 52.0 Å². The van der Waals surface area contributed by atoms with Gasteiger partial charge in [-0.3, -0.25) is 4.79 Å². The van der Waals surface area contributed by atoms with Crippen molar-refractivity contribution in [2.45, 2.75) is 115 Å². The second-order valence-corrected chi connectivity index (χ2v) is 13.6. The molecule has 0 amide bonds. The average molecular weight is 510 g/mol. The molecule has 3 fully saturated rings. The third-order valence-corrected chi connectivity index (χ3v) is 11.4. The van der Waals surface area contributed by atoms with Crippen molar-refractivity contribution in [1.82, 2.24) is 4.90 Å². The van der Waals surface area contributed by atoms with E-state index in [0.717, 1.165) is 25.7 Å². The molecule has 0 heterocycles. The summed E-state index contributed by atoms with van der Waals surface area (Å²) in [7, 11) is 2.27. The molecule has 2 N–H and O–H groups in total. The van der Waals surface area contributed by atoms with Gasteiger partial charge in [0.1, 0.15) is 11.5 Å². The molecule has 0 bridgehead atoms. The van der Waals surface area contributed by atoms with Crippen LogP contribution in [0.5, 0.6) is 5.75 Å². The van der Waals surface area contributed by atoms with Gasteiger partial charge in [0.05, 0.1) is 5.60 Å². The highest BCUT2D eigenvalue weighted by atomic mass is 16.3. The summed E-state index contributed by atoms with van der Waals surface area (Å²) in [6.07, 6.45) is 15.5. The lowest BCUT2D eigenvalue weighted by Gasteiger charge is -2.56. The van der Waals surface area contributed by atoms with Gasteiger partial charge < -0.3 is 15.1 Å². The number of rotatable bonds is 11. The van der Waals surface area contributed by atoms with Crippen LogP contribution in [-0.2, 0) is 11.2 Å². The summed E-state index contributed by atoms with van der Waals surface area (Å²) in [5.74, 6) is 2.97.